The van der Waals surface area contributed by atoms with Gasteiger partial charge in [0.25, 0.3) is 0 Å². The van der Waals surface area contributed by atoms with E-state index in [0.29, 0.717) is 23.9 Å². The predicted octanol–water partition coefficient (Wildman–Crippen LogP) is 3.54. The topological polar surface area (TPSA) is 55.4 Å². The Morgan fingerprint density at radius 2 is 2.00 bits per heavy atom. The van der Waals surface area contributed by atoms with Gasteiger partial charge in [-0.2, -0.15) is 5.10 Å². The molecule has 0 N–H and O–H groups in total. The summed E-state index contributed by atoms with van der Waals surface area (Å²) >= 11 is 8.30. The van der Waals surface area contributed by atoms with Gasteiger partial charge in [0.2, 0.25) is 0 Å². The summed E-state index contributed by atoms with van der Waals surface area (Å²) in [6.07, 6.45) is 4.43. The summed E-state index contributed by atoms with van der Waals surface area (Å²) in [5.41, 5.74) is 4.14. The number of likely N-dealkylation sites (N-methyl/N-ethyl adjacent to an activating group) is 1. The van der Waals surface area contributed by atoms with E-state index in [0.717, 1.165) is 47.6 Å². The molecule has 0 spiro atoms. The van der Waals surface area contributed by atoms with Crippen molar-refractivity contribution in [2.75, 3.05) is 20.6 Å². The summed E-state index contributed by atoms with van der Waals surface area (Å²) in [6, 6.07) is 7.83. The largest absolute Gasteiger partial charge is 0.351 e. The Labute approximate surface area is 184 Å². The van der Waals surface area contributed by atoms with Gasteiger partial charge >= 0.3 is 5.69 Å². The molecule has 2 aromatic heterocycles. The summed E-state index contributed by atoms with van der Waals surface area (Å²) in [5.74, 6) is 0.695. The first-order valence-corrected chi connectivity index (χ1v) is 11.5. The fourth-order valence-electron chi connectivity index (χ4n) is 4.25. The minimum atomic E-state index is -0.0812. The highest BCUT2D eigenvalue weighted by atomic mass is 35.5. The van der Waals surface area contributed by atoms with Crippen LogP contribution in [0.5, 0.6) is 0 Å². The van der Waals surface area contributed by atoms with Crippen molar-refractivity contribution in [1.82, 2.24) is 19.2 Å². The summed E-state index contributed by atoms with van der Waals surface area (Å²) in [4.78, 5) is 21.7. The van der Waals surface area contributed by atoms with Crippen LogP contribution in [0, 0.1) is 0 Å². The fourth-order valence-corrected chi connectivity index (χ4v) is 5.88. The highest BCUT2D eigenvalue weighted by molar-refractivity contribution is 7.15. The SMILES string of the molecule is CN(C)CCn1nc2n(c1=O)-c1sc3c(c1C(c1ccccc1Cl)=NC2)CCCC3. The first kappa shape index (κ1) is 19.7. The van der Waals surface area contributed by atoms with Gasteiger partial charge in [-0.1, -0.05) is 29.8 Å². The van der Waals surface area contributed by atoms with E-state index in [1.807, 2.05) is 38.4 Å². The fraction of sp³-hybridized carbons (Fsp3) is 0.409. The molecule has 0 amide bonds. The number of aromatic nitrogens is 3. The normalized spacial score (nSPS) is 15.4. The zero-order valence-corrected chi connectivity index (χ0v) is 18.8. The van der Waals surface area contributed by atoms with E-state index in [1.165, 1.54) is 16.9 Å². The molecule has 1 aliphatic heterocycles. The maximum Gasteiger partial charge on any atom is 0.351 e. The van der Waals surface area contributed by atoms with Crippen molar-refractivity contribution < 1.29 is 0 Å². The third-order valence-corrected chi connectivity index (χ3v) is 7.37. The zero-order chi connectivity index (χ0) is 20.8. The van der Waals surface area contributed by atoms with Crippen LogP contribution >= 0.6 is 22.9 Å². The minimum Gasteiger partial charge on any atom is -0.308 e. The number of benzene rings is 1. The number of rotatable bonds is 4. The van der Waals surface area contributed by atoms with Gasteiger partial charge < -0.3 is 4.90 Å². The zero-order valence-electron chi connectivity index (χ0n) is 17.2. The van der Waals surface area contributed by atoms with Crippen LogP contribution in [0.1, 0.15) is 40.2 Å². The van der Waals surface area contributed by atoms with E-state index in [-0.39, 0.29) is 5.69 Å². The van der Waals surface area contributed by atoms with Crippen molar-refractivity contribution in [2.24, 2.45) is 4.99 Å². The molecule has 2 aliphatic rings. The highest BCUT2D eigenvalue weighted by Gasteiger charge is 2.31. The molecule has 1 aromatic carbocycles. The van der Waals surface area contributed by atoms with Crippen LogP contribution < -0.4 is 5.69 Å². The quantitative estimate of drug-likeness (QED) is 0.622. The van der Waals surface area contributed by atoms with E-state index in [4.69, 9.17) is 16.6 Å². The third kappa shape index (κ3) is 3.25. The number of fused-ring (bicyclic) bond motifs is 5. The molecule has 0 radical (unpaired) electrons. The number of aliphatic imine (C=N–C) groups is 1. The third-order valence-electron chi connectivity index (χ3n) is 5.77. The molecular weight excluding hydrogens is 418 g/mol. The number of thiophene rings is 1. The summed E-state index contributed by atoms with van der Waals surface area (Å²) in [5, 5.41) is 6.28. The Bertz CT molecular complexity index is 1200. The van der Waals surface area contributed by atoms with E-state index in [9.17, 15) is 4.79 Å². The summed E-state index contributed by atoms with van der Waals surface area (Å²) in [7, 11) is 4.00. The van der Waals surface area contributed by atoms with Crippen molar-refractivity contribution in [1.29, 1.82) is 0 Å². The molecule has 5 rings (SSSR count). The molecule has 156 valence electrons. The van der Waals surface area contributed by atoms with Crippen molar-refractivity contribution in [3.63, 3.8) is 0 Å². The number of halogens is 1. The highest BCUT2D eigenvalue weighted by Crippen LogP contribution is 2.40. The molecule has 0 saturated heterocycles. The summed E-state index contributed by atoms with van der Waals surface area (Å²) < 4.78 is 3.37. The van der Waals surface area contributed by atoms with Crippen molar-refractivity contribution >= 4 is 28.6 Å². The Morgan fingerprint density at radius 1 is 1.20 bits per heavy atom. The van der Waals surface area contributed by atoms with Gasteiger partial charge in [-0.05, 0) is 51.4 Å². The van der Waals surface area contributed by atoms with Crippen LogP contribution in [-0.2, 0) is 25.9 Å². The van der Waals surface area contributed by atoms with Gasteiger partial charge in [0.15, 0.2) is 5.82 Å². The second kappa shape index (κ2) is 7.80. The lowest BCUT2D eigenvalue weighted by molar-refractivity contribution is 0.368. The van der Waals surface area contributed by atoms with Crippen LogP contribution in [0.25, 0.3) is 5.00 Å². The van der Waals surface area contributed by atoms with Gasteiger partial charge in [0.1, 0.15) is 11.5 Å². The average molecular weight is 442 g/mol. The standard InChI is InChI=1S/C22H24ClN5OS/c1-26(2)11-12-27-22(29)28-18(25-27)13-24-20(14-7-3-5-9-16(14)23)19-15-8-4-6-10-17(15)30-21(19)28/h3,5,7,9H,4,6,8,10-13H2,1-2H3. The molecule has 3 heterocycles. The molecule has 0 atom stereocenters. The Balaban J connectivity index is 1.72. The van der Waals surface area contributed by atoms with Crippen LogP contribution in [0.4, 0.5) is 0 Å². The van der Waals surface area contributed by atoms with E-state index in [2.05, 4.69) is 10.00 Å². The van der Waals surface area contributed by atoms with Gasteiger partial charge in [-0.15, -0.1) is 11.3 Å². The predicted molar refractivity (Wildman–Crippen MR) is 122 cm³/mol. The molecule has 0 fully saturated rings. The van der Waals surface area contributed by atoms with E-state index in [1.54, 1.807) is 20.6 Å². The van der Waals surface area contributed by atoms with Gasteiger partial charge in [-0.3, -0.25) is 4.99 Å². The maximum atomic E-state index is 13.3. The molecule has 0 saturated carbocycles. The van der Waals surface area contributed by atoms with Crippen molar-refractivity contribution in [2.45, 2.75) is 38.8 Å². The lowest BCUT2D eigenvalue weighted by Crippen LogP contribution is -2.29. The smallest absolute Gasteiger partial charge is 0.308 e. The average Bonchev–Trinajstić information content (AvgIpc) is 3.20. The number of hydrogen-bond donors (Lipinski definition) is 0. The lowest BCUT2D eigenvalue weighted by Gasteiger charge is -2.15. The molecule has 6 nitrogen and oxygen atoms in total. The molecule has 8 heteroatoms. The molecule has 0 unspecified atom stereocenters. The Hall–Kier alpha value is -2.22. The van der Waals surface area contributed by atoms with Crippen molar-refractivity contribution in [3.05, 3.63) is 67.2 Å². The van der Waals surface area contributed by atoms with Crippen LogP contribution in [0.3, 0.4) is 0 Å². The minimum absolute atomic E-state index is 0.0812. The molecular formula is C22H24ClN5OS. The molecule has 30 heavy (non-hydrogen) atoms. The Kier molecular flexibility index (Phi) is 5.13. The van der Waals surface area contributed by atoms with E-state index >= 15 is 0 Å². The number of aryl methyl sites for hydroxylation is 1. The monoisotopic (exact) mass is 441 g/mol. The van der Waals surface area contributed by atoms with Crippen LogP contribution in [0.2, 0.25) is 5.02 Å². The first-order valence-electron chi connectivity index (χ1n) is 10.3. The second-order valence-electron chi connectivity index (χ2n) is 8.10. The van der Waals surface area contributed by atoms with Gasteiger partial charge in [0, 0.05) is 27.6 Å². The molecule has 1 aliphatic carbocycles. The Morgan fingerprint density at radius 3 is 2.80 bits per heavy atom. The lowest BCUT2D eigenvalue weighted by atomic mass is 9.91. The maximum absolute atomic E-state index is 13.3. The first-order chi connectivity index (χ1) is 14.5. The number of hydrogen-bond acceptors (Lipinski definition) is 5. The van der Waals surface area contributed by atoms with Gasteiger partial charge in [-0.25, -0.2) is 14.0 Å². The molecule has 0 bridgehead atoms. The van der Waals surface area contributed by atoms with E-state index < -0.39 is 0 Å². The van der Waals surface area contributed by atoms with Crippen LogP contribution in [0.15, 0.2) is 34.1 Å². The van der Waals surface area contributed by atoms with Crippen molar-refractivity contribution in [3.8, 4) is 5.00 Å². The molecule has 3 aromatic rings. The van der Waals surface area contributed by atoms with Crippen LogP contribution in [-0.4, -0.2) is 45.6 Å². The summed E-state index contributed by atoms with van der Waals surface area (Å²) in [6.45, 7) is 1.69. The second-order valence-corrected chi connectivity index (χ2v) is 9.59. The number of nitrogens with zero attached hydrogens (tertiary/aromatic N) is 5. The van der Waals surface area contributed by atoms with Gasteiger partial charge in [0.05, 0.1) is 12.3 Å².